The summed E-state index contributed by atoms with van der Waals surface area (Å²) in [7, 11) is 0. The van der Waals surface area contributed by atoms with Gasteiger partial charge in [0.25, 0.3) is 0 Å². The maximum Gasteiger partial charge on any atom is 0.326 e. The lowest BCUT2D eigenvalue weighted by atomic mass is 10.1. The molecule has 0 aromatic heterocycles. The van der Waals surface area contributed by atoms with Crippen molar-refractivity contribution < 1.29 is 14.7 Å². The minimum Gasteiger partial charge on any atom is -0.480 e. The van der Waals surface area contributed by atoms with Crippen LogP contribution >= 0.6 is 0 Å². The number of benzene rings is 1. The molecule has 0 aliphatic rings. The second kappa shape index (κ2) is 7.53. The van der Waals surface area contributed by atoms with E-state index in [1.54, 1.807) is 4.90 Å². The Morgan fingerprint density at radius 2 is 1.85 bits per heavy atom. The van der Waals surface area contributed by atoms with E-state index in [1.807, 2.05) is 51.1 Å². The van der Waals surface area contributed by atoms with Gasteiger partial charge in [-0.15, -0.1) is 0 Å². The standard InChI is InChI=1S/C15H22N2O3/c1-4-17(11(2)3)15(20)16-13(14(18)19)10-12-8-6-5-7-9-12/h5-9,11,13H,4,10H2,1-3H3,(H,16,20)(H,18,19)/t13-/m1/s1. The summed E-state index contributed by atoms with van der Waals surface area (Å²) in [4.78, 5) is 25.0. The summed E-state index contributed by atoms with van der Waals surface area (Å²) in [6.07, 6.45) is 0.275. The molecule has 2 amide bonds. The molecule has 1 atom stereocenters. The fraction of sp³-hybridized carbons (Fsp3) is 0.467. The van der Waals surface area contributed by atoms with Crippen molar-refractivity contribution in [3.63, 3.8) is 0 Å². The zero-order valence-corrected chi connectivity index (χ0v) is 12.2. The normalized spacial score (nSPS) is 12.0. The second-order valence-corrected chi connectivity index (χ2v) is 4.91. The molecule has 0 radical (unpaired) electrons. The summed E-state index contributed by atoms with van der Waals surface area (Å²) in [5.74, 6) is -1.03. The number of nitrogens with zero attached hydrogens (tertiary/aromatic N) is 1. The maximum atomic E-state index is 12.1. The van der Waals surface area contributed by atoms with E-state index < -0.39 is 12.0 Å². The van der Waals surface area contributed by atoms with Crippen molar-refractivity contribution in [1.82, 2.24) is 10.2 Å². The predicted octanol–water partition coefficient (Wildman–Crippen LogP) is 2.12. The number of urea groups is 1. The van der Waals surface area contributed by atoms with Crippen LogP contribution in [0.3, 0.4) is 0 Å². The van der Waals surface area contributed by atoms with Gasteiger partial charge in [0, 0.05) is 19.0 Å². The van der Waals surface area contributed by atoms with E-state index in [9.17, 15) is 14.7 Å². The first-order valence-electron chi connectivity index (χ1n) is 6.79. The molecule has 5 heteroatoms. The first-order valence-corrected chi connectivity index (χ1v) is 6.79. The number of aliphatic carboxylic acids is 1. The lowest BCUT2D eigenvalue weighted by molar-refractivity contribution is -0.139. The van der Waals surface area contributed by atoms with E-state index in [0.29, 0.717) is 6.54 Å². The lowest BCUT2D eigenvalue weighted by Gasteiger charge is -2.27. The number of rotatable bonds is 6. The van der Waals surface area contributed by atoms with Gasteiger partial charge >= 0.3 is 12.0 Å². The SMILES string of the molecule is CCN(C(=O)N[C@H](Cc1ccccc1)C(=O)O)C(C)C. The first kappa shape index (κ1) is 16.0. The van der Waals surface area contributed by atoms with Crippen molar-refractivity contribution >= 4 is 12.0 Å². The molecule has 0 fully saturated rings. The van der Waals surface area contributed by atoms with E-state index in [0.717, 1.165) is 5.56 Å². The Balaban J connectivity index is 2.73. The number of carbonyl (C=O) groups excluding carboxylic acids is 1. The molecular weight excluding hydrogens is 256 g/mol. The molecule has 0 saturated heterocycles. The van der Waals surface area contributed by atoms with Gasteiger partial charge in [0.05, 0.1) is 0 Å². The molecule has 110 valence electrons. The van der Waals surface area contributed by atoms with Crippen molar-refractivity contribution in [3.8, 4) is 0 Å². The van der Waals surface area contributed by atoms with E-state index in [2.05, 4.69) is 5.32 Å². The van der Waals surface area contributed by atoms with Gasteiger partial charge in [-0.3, -0.25) is 0 Å². The quantitative estimate of drug-likeness (QED) is 0.837. The molecule has 5 nitrogen and oxygen atoms in total. The topological polar surface area (TPSA) is 69.6 Å². The number of carbonyl (C=O) groups is 2. The summed E-state index contributed by atoms with van der Waals surface area (Å²) in [6, 6.07) is 8.04. The van der Waals surface area contributed by atoms with Crippen LogP contribution in [0.5, 0.6) is 0 Å². The van der Waals surface area contributed by atoms with Crippen molar-refractivity contribution in [2.24, 2.45) is 0 Å². The van der Waals surface area contributed by atoms with Crippen LogP contribution in [0.2, 0.25) is 0 Å². The van der Waals surface area contributed by atoms with E-state index in [1.165, 1.54) is 0 Å². The Hall–Kier alpha value is -2.04. The third-order valence-electron chi connectivity index (χ3n) is 3.10. The van der Waals surface area contributed by atoms with Gasteiger partial charge in [-0.05, 0) is 26.3 Å². The molecule has 20 heavy (non-hydrogen) atoms. The fourth-order valence-corrected chi connectivity index (χ4v) is 2.03. The second-order valence-electron chi connectivity index (χ2n) is 4.91. The van der Waals surface area contributed by atoms with Crippen molar-refractivity contribution in [1.29, 1.82) is 0 Å². The van der Waals surface area contributed by atoms with Gasteiger partial charge in [-0.2, -0.15) is 0 Å². The number of hydrogen-bond donors (Lipinski definition) is 2. The summed E-state index contributed by atoms with van der Waals surface area (Å²) in [6.45, 7) is 6.21. The average Bonchev–Trinajstić information content (AvgIpc) is 2.39. The number of amides is 2. The molecule has 2 N–H and O–H groups in total. The molecule has 1 aromatic rings. The molecule has 1 aromatic carbocycles. The van der Waals surface area contributed by atoms with Gasteiger partial charge in [0.1, 0.15) is 6.04 Å². The lowest BCUT2D eigenvalue weighted by Crippen LogP contribution is -2.50. The van der Waals surface area contributed by atoms with E-state index in [4.69, 9.17) is 0 Å². The summed E-state index contributed by atoms with van der Waals surface area (Å²) in [5, 5.41) is 11.8. The third-order valence-corrected chi connectivity index (χ3v) is 3.10. The zero-order chi connectivity index (χ0) is 15.1. The molecular formula is C15H22N2O3. The fourth-order valence-electron chi connectivity index (χ4n) is 2.03. The molecule has 0 bridgehead atoms. The highest BCUT2D eigenvalue weighted by molar-refractivity contribution is 5.83. The van der Waals surface area contributed by atoms with Crippen LogP contribution in [0.15, 0.2) is 30.3 Å². The van der Waals surface area contributed by atoms with Crippen LogP contribution in [0, 0.1) is 0 Å². The Morgan fingerprint density at radius 1 is 1.25 bits per heavy atom. The Morgan fingerprint density at radius 3 is 2.30 bits per heavy atom. The minimum atomic E-state index is -1.03. The molecule has 0 spiro atoms. The third kappa shape index (κ3) is 4.57. The van der Waals surface area contributed by atoms with Crippen LogP contribution in [-0.2, 0) is 11.2 Å². The first-order chi connectivity index (χ1) is 9.45. The van der Waals surface area contributed by atoms with Gasteiger partial charge in [-0.25, -0.2) is 9.59 Å². The minimum absolute atomic E-state index is 0.0335. The van der Waals surface area contributed by atoms with E-state index >= 15 is 0 Å². The summed E-state index contributed by atoms with van der Waals surface area (Å²) in [5.41, 5.74) is 0.882. The van der Waals surface area contributed by atoms with Crippen LogP contribution in [0.1, 0.15) is 26.3 Å². The highest BCUT2D eigenvalue weighted by Crippen LogP contribution is 2.05. The van der Waals surface area contributed by atoms with Gasteiger partial charge in [-0.1, -0.05) is 30.3 Å². The monoisotopic (exact) mass is 278 g/mol. The molecule has 1 rings (SSSR count). The van der Waals surface area contributed by atoms with E-state index in [-0.39, 0.29) is 18.5 Å². The summed E-state index contributed by atoms with van der Waals surface area (Å²) < 4.78 is 0. The highest BCUT2D eigenvalue weighted by atomic mass is 16.4. The molecule has 0 heterocycles. The predicted molar refractivity (Wildman–Crippen MR) is 77.6 cm³/mol. The van der Waals surface area contributed by atoms with Crippen molar-refractivity contribution in [2.75, 3.05) is 6.54 Å². The van der Waals surface area contributed by atoms with Gasteiger partial charge in [0.2, 0.25) is 0 Å². The largest absolute Gasteiger partial charge is 0.480 e. The number of nitrogens with one attached hydrogen (secondary N) is 1. The number of carboxylic acids is 1. The van der Waals surface area contributed by atoms with Crippen molar-refractivity contribution in [3.05, 3.63) is 35.9 Å². The van der Waals surface area contributed by atoms with Gasteiger partial charge in [0.15, 0.2) is 0 Å². The number of carboxylic acid groups (broad SMARTS) is 1. The Bertz CT molecular complexity index is 446. The summed E-state index contributed by atoms with van der Waals surface area (Å²) >= 11 is 0. The average molecular weight is 278 g/mol. The molecule has 0 aliphatic carbocycles. The highest BCUT2D eigenvalue weighted by Gasteiger charge is 2.23. The van der Waals surface area contributed by atoms with Crippen molar-refractivity contribution in [2.45, 2.75) is 39.3 Å². The number of hydrogen-bond acceptors (Lipinski definition) is 2. The molecule has 0 aliphatic heterocycles. The Kier molecular flexibility index (Phi) is 6.03. The zero-order valence-electron chi connectivity index (χ0n) is 12.2. The van der Waals surface area contributed by atoms with Crippen LogP contribution in [-0.4, -0.2) is 40.6 Å². The maximum absolute atomic E-state index is 12.1. The molecule has 0 saturated carbocycles. The van der Waals surface area contributed by atoms with Crippen LogP contribution < -0.4 is 5.32 Å². The van der Waals surface area contributed by atoms with Crippen LogP contribution in [0.4, 0.5) is 4.79 Å². The smallest absolute Gasteiger partial charge is 0.326 e. The Labute approximate surface area is 119 Å². The molecule has 0 unspecified atom stereocenters. The van der Waals surface area contributed by atoms with Gasteiger partial charge < -0.3 is 15.3 Å². The van der Waals surface area contributed by atoms with Crippen LogP contribution in [0.25, 0.3) is 0 Å².